The van der Waals surface area contributed by atoms with E-state index in [1.54, 1.807) is 6.92 Å². The van der Waals surface area contributed by atoms with Gasteiger partial charge in [0, 0.05) is 12.4 Å². The van der Waals surface area contributed by atoms with Crippen LogP contribution in [0.2, 0.25) is 0 Å². The van der Waals surface area contributed by atoms with Gasteiger partial charge in [-0.25, -0.2) is 9.69 Å². The van der Waals surface area contributed by atoms with Crippen molar-refractivity contribution < 1.29 is 9.59 Å². The Morgan fingerprint density at radius 3 is 2.22 bits per heavy atom. The number of imide groups is 1. The Morgan fingerprint density at radius 2 is 1.72 bits per heavy atom. The van der Waals surface area contributed by atoms with Gasteiger partial charge in [0.05, 0.1) is 0 Å². The molecule has 92 valence electrons. The third-order valence-corrected chi connectivity index (χ3v) is 3.23. The number of hydrogen-bond acceptors (Lipinski definition) is 2. The molecule has 1 aliphatic rings. The van der Waals surface area contributed by atoms with Gasteiger partial charge in [0.15, 0.2) is 5.54 Å². The zero-order valence-electron chi connectivity index (χ0n) is 10.2. The minimum atomic E-state index is -1.06. The molecule has 1 atom stereocenters. The van der Waals surface area contributed by atoms with E-state index in [1.807, 2.05) is 30.3 Å². The molecule has 0 aliphatic carbocycles. The van der Waals surface area contributed by atoms with Gasteiger partial charge in [-0.3, -0.25) is 9.69 Å². The molecule has 18 heavy (non-hydrogen) atoms. The average Bonchev–Trinajstić information content (AvgIpc) is 2.59. The highest BCUT2D eigenvalue weighted by atomic mass is 16.2. The molecule has 4 heteroatoms. The average molecular weight is 242 g/mol. The fraction of sp³-hybridized carbons (Fsp3) is 0.143. The molecule has 4 nitrogen and oxygen atoms in total. The summed E-state index contributed by atoms with van der Waals surface area (Å²) in [7, 11) is 0. The van der Waals surface area contributed by atoms with Crippen molar-refractivity contribution in [2.24, 2.45) is 0 Å². The molecule has 1 saturated heterocycles. The molecule has 1 unspecified atom stereocenters. The Balaban J connectivity index is 2.61. The first kappa shape index (κ1) is 12.1. The number of carbonyl (C=O) groups excluding carboxylic acids is 2. The van der Waals surface area contributed by atoms with E-state index in [4.69, 9.17) is 0 Å². The van der Waals surface area contributed by atoms with Gasteiger partial charge in [-0.05, 0) is 12.5 Å². The zero-order valence-corrected chi connectivity index (χ0v) is 10.2. The van der Waals surface area contributed by atoms with Gasteiger partial charge < -0.3 is 0 Å². The summed E-state index contributed by atoms with van der Waals surface area (Å²) in [5.74, 6) is -0.325. The molecule has 0 saturated carbocycles. The van der Waals surface area contributed by atoms with Crippen molar-refractivity contribution in [1.82, 2.24) is 9.80 Å². The molecule has 1 aliphatic heterocycles. The molecule has 1 heterocycles. The molecule has 3 amide bonds. The Morgan fingerprint density at radius 1 is 1.11 bits per heavy atom. The summed E-state index contributed by atoms with van der Waals surface area (Å²) in [5.41, 5.74) is -0.318. The van der Waals surface area contributed by atoms with Gasteiger partial charge in [0.25, 0.3) is 5.91 Å². The van der Waals surface area contributed by atoms with Crippen molar-refractivity contribution in [3.8, 4) is 0 Å². The molecule has 0 N–H and O–H groups in total. The van der Waals surface area contributed by atoms with Crippen LogP contribution in [0.25, 0.3) is 0 Å². The van der Waals surface area contributed by atoms with E-state index < -0.39 is 11.6 Å². The number of carbonyl (C=O) groups is 2. The van der Waals surface area contributed by atoms with Crippen LogP contribution in [0.3, 0.4) is 0 Å². The summed E-state index contributed by atoms with van der Waals surface area (Å²) in [6.45, 7) is 8.81. The van der Waals surface area contributed by atoms with Crippen molar-refractivity contribution in [3.63, 3.8) is 0 Å². The SMILES string of the molecule is C=CN1C(=O)N(C=C)C(C)(c2ccccc2)C1=O. The summed E-state index contributed by atoms with van der Waals surface area (Å²) in [4.78, 5) is 26.8. The molecule has 0 bridgehead atoms. The van der Waals surface area contributed by atoms with Crippen LogP contribution in [-0.4, -0.2) is 21.7 Å². The minimum Gasteiger partial charge on any atom is -0.282 e. The van der Waals surface area contributed by atoms with Gasteiger partial charge in [-0.2, -0.15) is 0 Å². The summed E-state index contributed by atoms with van der Waals surface area (Å²) in [6, 6.07) is 8.71. The Hall–Kier alpha value is -2.36. The third-order valence-electron chi connectivity index (χ3n) is 3.23. The number of rotatable bonds is 3. The maximum atomic E-state index is 12.4. The molecule has 0 radical (unpaired) electrons. The first-order chi connectivity index (χ1) is 8.57. The van der Waals surface area contributed by atoms with E-state index in [0.717, 1.165) is 10.5 Å². The highest BCUT2D eigenvalue weighted by Gasteiger charge is 2.53. The maximum Gasteiger partial charge on any atom is 0.336 e. The molecule has 1 aromatic rings. The molecule has 2 rings (SSSR count). The fourth-order valence-corrected chi connectivity index (χ4v) is 2.18. The highest BCUT2D eigenvalue weighted by Crippen LogP contribution is 2.37. The lowest BCUT2D eigenvalue weighted by atomic mass is 9.91. The zero-order chi connectivity index (χ0) is 13.3. The lowest BCUT2D eigenvalue weighted by molar-refractivity contribution is -0.130. The Labute approximate surface area is 106 Å². The van der Waals surface area contributed by atoms with Crippen LogP contribution in [0.5, 0.6) is 0 Å². The maximum absolute atomic E-state index is 12.4. The van der Waals surface area contributed by atoms with Gasteiger partial charge >= 0.3 is 6.03 Å². The summed E-state index contributed by atoms with van der Waals surface area (Å²) >= 11 is 0. The van der Waals surface area contributed by atoms with Crippen LogP contribution in [0.1, 0.15) is 12.5 Å². The lowest BCUT2D eigenvalue weighted by Gasteiger charge is -2.29. The first-order valence-electron chi connectivity index (χ1n) is 5.55. The molecular weight excluding hydrogens is 228 g/mol. The molecule has 1 fully saturated rings. The minimum absolute atomic E-state index is 0.325. The van der Waals surface area contributed by atoms with Crippen LogP contribution in [0.4, 0.5) is 4.79 Å². The summed E-state index contributed by atoms with van der Waals surface area (Å²) in [5, 5.41) is 0. The fourth-order valence-electron chi connectivity index (χ4n) is 2.18. The van der Waals surface area contributed by atoms with Crippen molar-refractivity contribution in [1.29, 1.82) is 0 Å². The predicted molar refractivity (Wildman–Crippen MR) is 68.3 cm³/mol. The van der Waals surface area contributed by atoms with Gasteiger partial charge in [-0.15, -0.1) is 0 Å². The van der Waals surface area contributed by atoms with Gasteiger partial charge in [-0.1, -0.05) is 43.5 Å². The van der Waals surface area contributed by atoms with Crippen molar-refractivity contribution in [2.45, 2.75) is 12.5 Å². The Kier molecular flexibility index (Phi) is 2.79. The third kappa shape index (κ3) is 1.39. The highest BCUT2D eigenvalue weighted by molar-refractivity contribution is 6.08. The second-order valence-corrected chi connectivity index (χ2v) is 4.13. The lowest BCUT2D eigenvalue weighted by Crippen LogP contribution is -2.41. The first-order valence-corrected chi connectivity index (χ1v) is 5.55. The van der Waals surface area contributed by atoms with Crippen molar-refractivity contribution >= 4 is 11.9 Å². The standard InChI is InChI=1S/C14H14N2O2/c1-4-15-12(17)14(3,16(5-2)13(15)18)11-9-7-6-8-10-11/h4-10H,1-2H2,3H3. The van der Waals surface area contributed by atoms with E-state index in [-0.39, 0.29) is 5.91 Å². The smallest absolute Gasteiger partial charge is 0.282 e. The van der Waals surface area contributed by atoms with E-state index >= 15 is 0 Å². The largest absolute Gasteiger partial charge is 0.336 e. The number of amides is 3. The second-order valence-electron chi connectivity index (χ2n) is 4.13. The second kappa shape index (κ2) is 4.14. The molecule has 1 aromatic carbocycles. The quantitative estimate of drug-likeness (QED) is 0.764. The van der Waals surface area contributed by atoms with Crippen LogP contribution >= 0.6 is 0 Å². The van der Waals surface area contributed by atoms with E-state index in [0.29, 0.717) is 0 Å². The molecular formula is C14H14N2O2. The van der Waals surface area contributed by atoms with Crippen LogP contribution in [0, 0.1) is 0 Å². The molecule has 0 aromatic heterocycles. The van der Waals surface area contributed by atoms with E-state index in [1.165, 1.54) is 17.3 Å². The van der Waals surface area contributed by atoms with E-state index in [2.05, 4.69) is 13.2 Å². The normalized spacial score (nSPS) is 23.4. The number of benzene rings is 1. The molecule has 0 spiro atoms. The summed E-state index contributed by atoms with van der Waals surface area (Å²) in [6.07, 6.45) is 2.60. The van der Waals surface area contributed by atoms with Crippen molar-refractivity contribution in [3.05, 3.63) is 61.5 Å². The van der Waals surface area contributed by atoms with Crippen LogP contribution in [-0.2, 0) is 10.3 Å². The van der Waals surface area contributed by atoms with Crippen molar-refractivity contribution in [2.75, 3.05) is 0 Å². The monoisotopic (exact) mass is 242 g/mol. The summed E-state index contributed by atoms with van der Waals surface area (Å²) < 4.78 is 0. The topological polar surface area (TPSA) is 40.6 Å². The number of nitrogens with zero attached hydrogens (tertiary/aromatic N) is 2. The van der Waals surface area contributed by atoms with E-state index in [9.17, 15) is 9.59 Å². The van der Waals surface area contributed by atoms with Crippen LogP contribution in [0.15, 0.2) is 55.9 Å². The predicted octanol–water partition coefficient (Wildman–Crippen LogP) is 2.45. The van der Waals surface area contributed by atoms with Gasteiger partial charge in [0.1, 0.15) is 0 Å². The Bertz CT molecular complexity index is 524. The van der Waals surface area contributed by atoms with Gasteiger partial charge in [0.2, 0.25) is 0 Å². The number of hydrogen-bond donors (Lipinski definition) is 0. The van der Waals surface area contributed by atoms with Crippen LogP contribution < -0.4 is 0 Å². The number of urea groups is 1.